The normalized spacial score (nSPS) is 20.0. The smallest absolute Gasteiger partial charge is 0.154 e. The monoisotopic (exact) mass is 345 g/mol. The average Bonchev–Trinajstić information content (AvgIpc) is 3.00. The maximum absolute atomic E-state index is 4.84. The van der Waals surface area contributed by atoms with Crippen LogP contribution in [0.1, 0.15) is 62.7 Å². The van der Waals surface area contributed by atoms with Gasteiger partial charge in [0.25, 0.3) is 0 Å². The van der Waals surface area contributed by atoms with Gasteiger partial charge in [0.05, 0.1) is 0 Å². The van der Waals surface area contributed by atoms with Gasteiger partial charge < -0.3 is 0 Å². The van der Waals surface area contributed by atoms with Crippen molar-refractivity contribution in [2.75, 3.05) is 0 Å². The Bertz CT molecular complexity index is 949. The Labute approximate surface area is 155 Å². The number of benzene rings is 2. The molecular weight excluding hydrogens is 318 g/mol. The lowest BCUT2D eigenvalue weighted by Gasteiger charge is -2.33. The van der Waals surface area contributed by atoms with Crippen molar-refractivity contribution in [1.82, 2.24) is 14.8 Å². The maximum Gasteiger partial charge on any atom is 0.154 e. The van der Waals surface area contributed by atoms with Crippen LogP contribution in [0.4, 0.5) is 0 Å². The summed E-state index contributed by atoms with van der Waals surface area (Å²) in [5.74, 6) is 2.43. The Hall–Kier alpha value is -2.42. The number of aromatic nitrogens is 3. The van der Waals surface area contributed by atoms with Gasteiger partial charge in [0.2, 0.25) is 0 Å². The predicted molar refractivity (Wildman–Crippen MR) is 109 cm³/mol. The average molecular weight is 345 g/mol. The van der Waals surface area contributed by atoms with Gasteiger partial charge in [-0.25, -0.2) is 9.67 Å². The van der Waals surface area contributed by atoms with E-state index in [-0.39, 0.29) is 0 Å². The first kappa shape index (κ1) is 17.0. The second-order valence-electron chi connectivity index (χ2n) is 8.35. The van der Waals surface area contributed by atoms with Crippen LogP contribution in [0.2, 0.25) is 0 Å². The number of hydrogen-bond acceptors (Lipinski definition) is 2. The molecule has 0 spiro atoms. The summed E-state index contributed by atoms with van der Waals surface area (Å²) in [4.78, 5) is 4.84. The fourth-order valence-corrected chi connectivity index (χ4v) is 4.14. The molecule has 0 aliphatic heterocycles. The van der Waals surface area contributed by atoms with Crippen molar-refractivity contribution in [3.63, 3.8) is 0 Å². The minimum Gasteiger partial charge on any atom is -0.249 e. The Morgan fingerprint density at radius 3 is 2.69 bits per heavy atom. The lowest BCUT2D eigenvalue weighted by Crippen LogP contribution is -2.22. The zero-order chi connectivity index (χ0) is 18.1. The fraction of sp³-hybridized carbons (Fsp3) is 0.391. The van der Waals surface area contributed by atoms with E-state index in [0.29, 0.717) is 11.3 Å². The first-order chi connectivity index (χ1) is 12.5. The maximum atomic E-state index is 4.84. The van der Waals surface area contributed by atoms with Crippen LogP contribution in [-0.2, 0) is 7.05 Å². The van der Waals surface area contributed by atoms with Crippen molar-refractivity contribution in [1.29, 1.82) is 0 Å². The molecule has 1 unspecified atom stereocenters. The number of hydrogen-bond donors (Lipinski definition) is 0. The van der Waals surface area contributed by atoms with Crippen molar-refractivity contribution >= 4 is 22.9 Å². The molecule has 1 saturated carbocycles. The third kappa shape index (κ3) is 3.57. The Morgan fingerprint density at radius 2 is 1.88 bits per heavy atom. The van der Waals surface area contributed by atoms with E-state index >= 15 is 0 Å². The predicted octanol–water partition coefficient (Wildman–Crippen LogP) is 5.82. The molecule has 4 rings (SSSR count). The number of aryl methyl sites for hydroxylation is 1. The van der Waals surface area contributed by atoms with E-state index in [1.165, 1.54) is 42.0 Å². The van der Waals surface area contributed by atoms with Crippen LogP contribution in [0.5, 0.6) is 0 Å². The SMILES string of the molecule is Cn1nc(C2CCCC(C)(C)C2)nc1C=Cc1ccc2ccccc2c1. The van der Waals surface area contributed by atoms with Gasteiger partial charge in [-0.3, -0.25) is 0 Å². The second-order valence-corrected chi connectivity index (χ2v) is 8.35. The summed E-state index contributed by atoms with van der Waals surface area (Å²) in [6.45, 7) is 4.73. The molecule has 0 saturated heterocycles. The van der Waals surface area contributed by atoms with E-state index in [4.69, 9.17) is 10.1 Å². The van der Waals surface area contributed by atoms with Gasteiger partial charge in [-0.1, -0.05) is 62.7 Å². The van der Waals surface area contributed by atoms with Crippen LogP contribution >= 0.6 is 0 Å². The Kier molecular flexibility index (Phi) is 4.39. The van der Waals surface area contributed by atoms with Gasteiger partial charge >= 0.3 is 0 Å². The molecule has 3 heteroatoms. The molecule has 134 valence electrons. The van der Waals surface area contributed by atoms with Gasteiger partial charge in [0, 0.05) is 13.0 Å². The summed E-state index contributed by atoms with van der Waals surface area (Å²) in [5.41, 5.74) is 1.59. The highest BCUT2D eigenvalue weighted by Crippen LogP contribution is 2.42. The summed E-state index contributed by atoms with van der Waals surface area (Å²) < 4.78 is 1.91. The van der Waals surface area contributed by atoms with Crippen LogP contribution in [0.15, 0.2) is 42.5 Å². The molecule has 0 bridgehead atoms. The quantitative estimate of drug-likeness (QED) is 0.598. The standard InChI is InChI=1S/C23H27N3/c1-23(2)14-6-9-20(16-23)22-24-21(26(3)25-22)13-11-17-10-12-18-7-4-5-8-19(18)15-17/h4-5,7-8,10-13,15,20H,6,9,14,16H2,1-3H3. The first-order valence-corrected chi connectivity index (χ1v) is 9.58. The molecular formula is C23H27N3. The minimum absolute atomic E-state index is 0.406. The summed E-state index contributed by atoms with van der Waals surface area (Å²) in [7, 11) is 1.99. The van der Waals surface area contributed by atoms with Gasteiger partial charge in [-0.2, -0.15) is 5.10 Å². The molecule has 1 aliphatic rings. The summed E-state index contributed by atoms with van der Waals surface area (Å²) in [6, 6.07) is 15.0. The van der Waals surface area contributed by atoms with E-state index in [9.17, 15) is 0 Å². The number of rotatable bonds is 3. The van der Waals surface area contributed by atoms with Crippen LogP contribution in [-0.4, -0.2) is 14.8 Å². The number of fused-ring (bicyclic) bond motifs is 1. The van der Waals surface area contributed by atoms with Gasteiger partial charge in [-0.05, 0) is 53.2 Å². The van der Waals surface area contributed by atoms with Crippen LogP contribution < -0.4 is 0 Å². The molecule has 0 radical (unpaired) electrons. The Morgan fingerprint density at radius 1 is 1.08 bits per heavy atom. The molecule has 0 N–H and O–H groups in total. The summed E-state index contributed by atoms with van der Waals surface area (Å²) >= 11 is 0. The molecule has 1 atom stereocenters. The Balaban J connectivity index is 1.56. The van der Waals surface area contributed by atoms with Crippen LogP contribution in [0.3, 0.4) is 0 Å². The summed E-state index contributed by atoms with van der Waals surface area (Å²) in [5, 5.41) is 7.25. The molecule has 26 heavy (non-hydrogen) atoms. The zero-order valence-electron chi connectivity index (χ0n) is 15.9. The molecule has 1 aromatic heterocycles. The molecule has 1 fully saturated rings. The van der Waals surface area contributed by atoms with Crippen molar-refractivity contribution in [3.8, 4) is 0 Å². The number of nitrogens with zero attached hydrogens (tertiary/aromatic N) is 3. The fourth-order valence-electron chi connectivity index (χ4n) is 4.14. The van der Waals surface area contributed by atoms with Gasteiger partial charge in [-0.15, -0.1) is 0 Å². The van der Waals surface area contributed by atoms with Crippen molar-refractivity contribution < 1.29 is 0 Å². The van der Waals surface area contributed by atoms with E-state index < -0.39 is 0 Å². The summed E-state index contributed by atoms with van der Waals surface area (Å²) in [6.07, 6.45) is 9.19. The van der Waals surface area contributed by atoms with Crippen molar-refractivity contribution in [3.05, 3.63) is 59.7 Å². The molecule has 3 nitrogen and oxygen atoms in total. The third-order valence-corrected chi connectivity index (χ3v) is 5.58. The van der Waals surface area contributed by atoms with Gasteiger partial charge in [0.15, 0.2) is 11.6 Å². The molecule has 1 aliphatic carbocycles. The minimum atomic E-state index is 0.406. The highest BCUT2D eigenvalue weighted by Gasteiger charge is 2.31. The first-order valence-electron chi connectivity index (χ1n) is 9.58. The highest BCUT2D eigenvalue weighted by atomic mass is 15.3. The zero-order valence-corrected chi connectivity index (χ0v) is 15.9. The van der Waals surface area contributed by atoms with Gasteiger partial charge in [0.1, 0.15) is 0 Å². The van der Waals surface area contributed by atoms with Crippen molar-refractivity contribution in [2.45, 2.75) is 45.4 Å². The lowest BCUT2D eigenvalue weighted by molar-refractivity contribution is 0.215. The highest BCUT2D eigenvalue weighted by molar-refractivity contribution is 5.85. The molecule has 2 aromatic carbocycles. The molecule has 1 heterocycles. The lowest BCUT2D eigenvalue weighted by atomic mass is 9.72. The second kappa shape index (κ2) is 6.71. The topological polar surface area (TPSA) is 30.7 Å². The van der Waals surface area contributed by atoms with Crippen LogP contribution in [0.25, 0.3) is 22.9 Å². The largest absolute Gasteiger partial charge is 0.249 e. The molecule has 3 aromatic rings. The van der Waals surface area contributed by atoms with Crippen molar-refractivity contribution in [2.24, 2.45) is 12.5 Å². The molecule has 0 amide bonds. The van der Waals surface area contributed by atoms with E-state index in [0.717, 1.165) is 11.6 Å². The van der Waals surface area contributed by atoms with E-state index in [2.05, 4.69) is 68.5 Å². The van der Waals surface area contributed by atoms with Crippen LogP contribution in [0, 0.1) is 5.41 Å². The van der Waals surface area contributed by atoms with E-state index in [1.807, 2.05) is 11.7 Å². The third-order valence-electron chi connectivity index (χ3n) is 5.58. The van der Waals surface area contributed by atoms with E-state index in [1.54, 1.807) is 0 Å².